The van der Waals surface area contributed by atoms with Gasteiger partial charge in [0.25, 0.3) is 5.91 Å². The van der Waals surface area contributed by atoms with Crippen LogP contribution in [0.4, 0.5) is 0 Å². The number of hydrogen-bond acceptors (Lipinski definition) is 6. The van der Waals surface area contributed by atoms with Crippen molar-refractivity contribution in [2.45, 2.75) is 18.1 Å². The molecule has 1 spiro atoms. The second-order valence-electron chi connectivity index (χ2n) is 8.57. The van der Waals surface area contributed by atoms with Crippen molar-refractivity contribution >= 4 is 5.91 Å². The summed E-state index contributed by atoms with van der Waals surface area (Å²) in [5.74, 6) is 0.783. The first-order chi connectivity index (χ1) is 14.7. The average molecular weight is 409 g/mol. The summed E-state index contributed by atoms with van der Waals surface area (Å²) in [7, 11) is 1.63. The largest absolute Gasteiger partial charge is 0.497 e. The lowest BCUT2D eigenvalue weighted by molar-refractivity contribution is -0.160. The van der Waals surface area contributed by atoms with E-state index in [1.807, 2.05) is 47.6 Å². The van der Waals surface area contributed by atoms with Crippen molar-refractivity contribution in [3.05, 3.63) is 59.9 Å². The number of ether oxygens (including phenoxy) is 2. The smallest absolute Gasteiger partial charge is 0.254 e. The zero-order valence-corrected chi connectivity index (χ0v) is 17.4. The second kappa shape index (κ2) is 7.98. The van der Waals surface area contributed by atoms with Gasteiger partial charge in [-0.05, 0) is 29.8 Å². The van der Waals surface area contributed by atoms with Gasteiger partial charge in [0.2, 0.25) is 0 Å². The highest BCUT2D eigenvalue weighted by molar-refractivity contribution is 5.94. The normalized spacial score (nSPS) is 23.6. The van der Waals surface area contributed by atoms with Gasteiger partial charge in [-0.1, -0.05) is 12.1 Å². The van der Waals surface area contributed by atoms with E-state index in [9.17, 15) is 4.79 Å². The first-order valence-corrected chi connectivity index (χ1v) is 10.6. The van der Waals surface area contributed by atoms with Crippen LogP contribution >= 0.6 is 0 Å². The Morgan fingerprint density at radius 3 is 2.97 bits per heavy atom. The van der Waals surface area contributed by atoms with Gasteiger partial charge < -0.3 is 14.4 Å². The second-order valence-corrected chi connectivity index (χ2v) is 8.57. The molecule has 1 aromatic heterocycles. The molecule has 0 N–H and O–H groups in total. The molecule has 1 aromatic carbocycles. The zero-order valence-electron chi connectivity index (χ0n) is 17.4. The van der Waals surface area contributed by atoms with Crippen molar-refractivity contribution in [2.24, 2.45) is 0 Å². The molecule has 0 saturated carbocycles. The number of carbonyl (C=O) groups is 1. The number of rotatable bonds is 4. The predicted molar refractivity (Wildman–Crippen MR) is 112 cm³/mol. The SMILES string of the molecule is COc1cccc(C(=O)N2CC3COCCN3C3(CN(Cc4cccnc4)C3)C2)c1. The monoisotopic (exact) mass is 408 g/mol. The molecule has 30 heavy (non-hydrogen) atoms. The summed E-state index contributed by atoms with van der Waals surface area (Å²) in [6.45, 7) is 6.67. The van der Waals surface area contributed by atoms with Crippen LogP contribution in [0.25, 0.3) is 0 Å². The molecule has 1 amide bonds. The van der Waals surface area contributed by atoms with Crippen LogP contribution in [0.3, 0.4) is 0 Å². The van der Waals surface area contributed by atoms with Crippen molar-refractivity contribution in [1.82, 2.24) is 19.7 Å². The molecule has 2 aromatic rings. The Morgan fingerprint density at radius 2 is 2.17 bits per heavy atom. The van der Waals surface area contributed by atoms with Gasteiger partial charge in [-0.3, -0.25) is 19.6 Å². The third-order valence-electron chi connectivity index (χ3n) is 6.52. The average Bonchev–Trinajstić information content (AvgIpc) is 2.78. The fourth-order valence-electron chi connectivity index (χ4n) is 5.22. The van der Waals surface area contributed by atoms with Crippen LogP contribution in [0.1, 0.15) is 15.9 Å². The molecule has 0 radical (unpaired) electrons. The van der Waals surface area contributed by atoms with E-state index >= 15 is 0 Å². The highest BCUT2D eigenvalue weighted by Crippen LogP contribution is 2.37. The first-order valence-electron chi connectivity index (χ1n) is 10.6. The Labute approximate surface area is 177 Å². The van der Waals surface area contributed by atoms with Crippen LogP contribution in [-0.2, 0) is 11.3 Å². The number of hydrogen-bond donors (Lipinski definition) is 0. The van der Waals surface area contributed by atoms with E-state index in [0.29, 0.717) is 24.5 Å². The van der Waals surface area contributed by atoms with Gasteiger partial charge >= 0.3 is 0 Å². The molecule has 158 valence electrons. The van der Waals surface area contributed by atoms with Gasteiger partial charge in [0.05, 0.1) is 31.9 Å². The summed E-state index contributed by atoms with van der Waals surface area (Å²) in [6, 6.07) is 11.8. The third-order valence-corrected chi connectivity index (χ3v) is 6.52. The van der Waals surface area contributed by atoms with E-state index in [4.69, 9.17) is 9.47 Å². The number of piperazine rings is 1. The highest BCUT2D eigenvalue weighted by Gasteiger charge is 2.54. The zero-order chi connectivity index (χ0) is 20.6. The summed E-state index contributed by atoms with van der Waals surface area (Å²) in [6.07, 6.45) is 3.74. The molecule has 3 saturated heterocycles. The van der Waals surface area contributed by atoms with E-state index in [0.717, 1.165) is 39.3 Å². The number of pyridine rings is 1. The van der Waals surface area contributed by atoms with E-state index < -0.39 is 0 Å². The van der Waals surface area contributed by atoms with Gasteiger partial charge in [0.1, 0.15) is 5.75 Å². The molecule has 7 heteroatoms. The number of fused-ring (bicyclic) bond motifs is 2. The fourth-order valence-corrected chi connectivity index (χ4v) is 5.22. The Kier molecular flexibility index (Phi) is 5.18. The lowest BCUT2D eigenvalue weighted by Gasteiger charge is -2.63. The van der Waals surface area contributed by atoms with Crippen LogP contribution in [0, 0.1) is 0 Å². The summed E-state index contributed by atoms with van der Waals surface area (Å²) in [5.41, 5.74) is 1.91. The van der Waals surface area contributed by atoms with Gasteiger partial charge in [0, 0.05) is 57.2 Å². The maximum absolute atomic E-state index is 13.3. The van der Waals surface area contributed by atoms with Crippen molar-refractivity contribution in [3.8, 4) is 5.75 Å². The van der Waals surface area contributed by atoms with E-state index in [2.05, 4.69) is 20.9 Å². The fraction of sp³-hybridized carbons (Fsp3) is 0.478. The molecule has 1 atom stereocenters. The molecule has 3 aliphatic heterocycles. The standard InChI is InChI=1S/C23H28N4O3/c1-29-21-6-2-5-19(10-21)22(28)26-13-20-14-30-9-8-27(20)23(17-26)15-25(16-23)12-18-4-3-7-24-11-18/h2-7,10-11,20H,8-9,12-17H2,1H3. The quantitative estimate of drug-likeness (QED) is 0.764. The van der Waals surface area contributed by atoms with Crippen molar-refractivity contribution in [2.75, 3.05) is 53.0 Å². The molecule has 5 rings (SSSR count). The Hall–Kier alpha value is -2.48. The Morgan fingerprint density at radius 1 is 1.27 bits per heavy atom. The van der Waals surface area contributed by atoms with E-state index in [1.165, 1.54) is 5.56 Å². The number of aromatic nitrogens is 1. The topological polar surface area (TPSA) is 58.1 Å². The summed E-state index contributed by atoms with van der Waals surface area (Å²) >= 11 is 0. The minimum Gasteiger partial charge on any atom is -0.497 e. The first kappa shape index (κ1) is 19.5. The molecule has 3 aliphatic rings. The molecule has 4 heterocycles. The van der Waals surface area contributed by atoms with Crippen molar-refractivity contribution in [1.29, 1.82) is 0 Å². The third kappa shape index (κ3) is 3.57. The van der Waals surface area contributed by atoms with Crippen molar-refractivity contribution < 1.29 is 14.3 Å². The van der Waals surface area contributed by atoms with Gasteiger partial charge in [-0.25, -0.2) is 0 Å². The Balaban J connectivity index is 1.34. The predicted octanol–water partition coefficient (Wildman–Crippen LogP) is 1.50. The molecule has 1 unspecified atom stereocenters. The molecule has 7 nitrogen and oxygen atoms in total. The molecular formula is C23H28N4O3. The number of likely N-dealkylation sites (tertiary alicyclic amines) is 1. The maximum Gasteiger partial charge on any atom is 0.254 e. The molecule has 3 fully saturated rings. The van der Waals surface area contributed by atoms with Crippen LogP contribution < -0.4 is 4.74 Å². The lowest BCUT2D eigenvalue weighted by atomic mass is 9.82. The minimum absolute atomic E-state index is 0.00341. The summed E-state index contributed by atoms with van der Waals surface area (Å²) < 4.78 is 11.1. The highest BCUT2D eigenvalue weighted by atomic mass is 16.5. The van der Waals surface area contributed by atoms with E-state index in [1.54, 1.807) is 7.11 Å². The molecule has 0 bridgehead atoms. The number of methoxy groups -OCH3 is 1. The van der Waals surface area contributed by atoms with Crippen LogP contribution in [0.15, 0.2) is 48.8 Å². The minimum atomic E-state index is 0.00341. The van der Waals surface area contributed by atoms with Crippen molar-refractivity contribution in [3.63, 3.8) is 0 Å². The Bertz CT molecular complexity index is 900. The van der Waals surface area contributed by atoms with Crippen LogP contribution in [0.2, 0.25) is 0 Å². The molecule has 0 aliphatic carbocycles. The van der Waals surface area contributed by atoms with Gasteiger partial charge in [-0.2, -0.15) is 0 Å². The summed E-state index contributed by atoms with van der Waals surface area (Å²) in [4.78, 5) is 24.6. The summed E-state index contributed by atoms with van der Waals surface area (Å²) in [5, 5.41) is 0. The van der Waals surface area contributed by atoms with Gasteiger partial charge in [0.15, 0.2) is 0 Å². The van der Waals surface area contributed by atoms with Gasteiger partial charge in [-0.15, -0.1) is 0 Å². The number of carbonyl (C=O) groups excluding carboxylic acids is 1. The number of morpholine rings is 1. The number of nitrogens with zero attached hydrogens (tertiary/aromatic N) is 4. The number of benzene rings is 1. The molecular weight excluding hydrogens is 380 g/mol. The maximum atomic E-state index is 13.3. The van der Waals surface area contributed by atoms with E-state index in [-0.39, 0.29) is 17.5 Å². The lowest BCUT2D eigenvalue weighted by Crippen LogP contribution is -2.80. The van der Waals surface area contributed by atoms with Crippen LogP contribution in [-0.4, -0.2) is 90.2 Å². The number of amides is 1. The van der Waals surface area contributed by atoms with Crippen LogP contribution in [0.5, 0.6) is 5.75 Å².